The standard InChI is InChI=1S/C18H17F3N2O4/c19-18(20,21)7-14-15(17(25)26)10-5-8(1-4-13(10)27-14)16(24)23-12-6-9-2-3-11(12)22-9/h1,4-5,9,11-12,22H,2-3,6-7H2,(H,23,24)(H,25,26)/t9-,11+,12-/m1/s1. The zero-order chi connectivity index (χ0) is 19.3. The molecule has 4 rings (SSSR count). The minimum atomic E-state index is -4.60. The second kappa shape index (κ2) is 6.26. The van der Waals surface area contributed by atoms with Crippen molar-refractivity contribution in [2.45, 2.75) is 50.0 Å². The minimum Gasteiger partial charge on any atom is -0.478 e. The number of aromatic carboxylic acids is 1. The molecule has 27 heavy (non-hydrogen) atoms. The van der Waals surface area contributed by atoms with E-state index < -0.39 is 29.9 Å². The third-order valence-electron chi connectivity index (χ3n) is 5.21. The summed E-state index contributed by atoms with van der Waals surface area (Å²) in [6.45, 7) is 0. The van der Waals surface area contributed by atoms with Gasteiger partial charge in [-0.1, -0.05) is 0 Å². The molecule has 2 aliphatic rings. The van der Waals surface area contributed by atoms with Gasteiger partial charge in [0.2, 0.25) is 0 Å². The highest BCUT2D eigenvalue weighted by Gasteiger charge is 2.40. The van der Waals surface area contributed by atoms with E-state index in [1.54, 1.807) is 0 Å². The average Bonchev–Trinajstić information content (AvgIpc) is 3.25. The molecular formula is C18H17F3N2O4. The number of alkyl halides is 3. The zero-order valence-corrected chi connectivity index (χ0v) is 14.1. The van der Waals surface area contributed by atoms with Gasteiger partial charge in [-0.15, -0.1) is 0 Å². The van der Waals surface area contributed by atoms with E-state index in [1.807, 2.05) is 0 Å². The second-order valence-corrected chi connectivity index (χ2v) is 7.07. The van der Waals surface area contributed by atoms with Crippen LogP contribution in [0.3, 0.4) is 0 Å². The van der Waals surface area contributed by atoms with Crippen molar-refractivity contribution in [1.29, 1.82) is 0 Å². The first-order valence-corrected chi connectivity index (χ1v) is 8.63. The van der Waals surface area contributed by atoms with E-state index in [2.05, 4.69) is 10.6 Å². The van der Waals surface area contributed by atoms with Gasteiger partial charge in [-0.05, 0) is 37.5 Å². The number of benzene rings is 1. The van der Waals surface area contributed by atoms with Gasteiger partial charge in [-0.25, -0.2) is 4.79 Å². The summed E-state index contributed by atoms with van der Waals surface area (Å²) < 4.78 is 43.2. The van der Waals surface area contributed by atoms with Crippen LogP contribution in [0.5, 0.6) is 0 Å². The molecular weight excluding hydrogens is 365 g/mol. The highest BCUT2D eigenvalue weighted by atomic mass is 19.4. The van der Waals surface area contributed by atoms with Crippen LogP contribution in [-0.4, -0.2) is 41.3 Å². The molecule has 0 unspecified atom stereocenters. The van der Waals surface area contributed by atoms with E-state index in [-0.39, 0.29) is 34.5 Å². The topological polar surface area (TPSA) is 91.6 Å². The number of carboxylic acids is 1. The smallest absolute Gasteiger partial charge is 0.396 e. The van der Waals surface area contributed by atoms with E-state index in [9.17, 15) is 27.9 Å². The van der Waals surface area contributed by atoms with Crippen LogP contribution in [0, 0.1) is 0 Å². The number of amides is 1. The SMILES string of the molecule is O=C(N[C@@H]1C[C@H]2CC[C@@H]1N2)c1ccc2oc(CC(F)(F)F)c(C(=O)O)c2c1. The Kier molecular flexibility index (Phi) is 4.14. The quantitative estimate of drug-likeness (QED) is 0.756. The largest absolute Gasteiger partial charge is 0.478 e. The predicted molar refractivity (Wildman–Crippen MR) is 88.7 cm³/mol. The van der Waals surface area contributed by atoms with E-state index in [0.717, 1.165) is 19.3 Å². The van der Waals surface area contributed by atoms with Crippen LogP contribution in [0.1, 0.15) is 45.7 Å². The summed E-state index contributed by atoms with van der Waals surface area (Å²) in [7, 11) is 0. The summed E-state index contributed by atoms with van der Waals surface area (Å²) in [6.07, 6.45) is -3.18. The first kappa shape index (κ1) is 17.8. The Morgan fingerprint density at radius 1 is 1.30 bits per heavy atom. The minimum absolute atomic E-state index is 0.00367. The Labute approximate surface area is 151 Å². The van der Waals surface area contributed by atoms with Crippen LogP contribution in [0.2, 0.25) is 0 Å². The van der Waals surface area contributed by atoms with Crippen molar-refractivity contribution >= 4 is 22.8 Å². The zero-order valence-electron chi connectivity index (χ0n) is 14.1. The van der Waals surface area contributed by atoms with E-state index in [0.29, 0.717) is 6.04 Å². The molecule has 1 aromatic carbocycles. The first-order valence-electron chi connectivity index (χ1n) is 8.63. The monoisotopic (exact) mass is 382 g/mol. The van der Waals surface area contributed by atoms with Gasteiger partial charge in [0.05, 0.1) is 0 Å². The molecule has 6 nitrogen and oxygen atoms in total. The number of nitrogens with one attached hydrogen (secondary N) is 2. The fourth-order valence-electron chi connectivity index (χ4n) is 4.07. The Bertz CT molecular complexity index is 921. The van der Waals surface area contributed by atoms with Crippen LogP contribution in [-0.2, 0) is 6.42 Å². The first-order chi connectivity index (χ1) is 12.7. The molecule has 2 bridgehead atoms. The van der Waals surface area contributed by atoms with Crippen molar-refractivity contribution in [2.75, 3.05) is 0 Å². The third-order valence-corrected chi connectivity index (χ3v) is 5.21. The molecule has 3 atom stereocenters. The Morgan fingerprint density at radius 3 is 2.67 bits per heavy atom. The fraction of sp³-hybridized carbons (Fsp3) is 0.444. The lowest BCUT2D eigenvalue weighted by Crippen LogP contribution is -2.42. The Morgan fingerprint density at radius 2 is 2.07 bits per heavy atom. The Balaban J connectivity index is 1.63. The maximum absolute atomic E-state index is 12.7. The van der Waals surface area contributed by atoms with Crippen LogP contribution >= 0.6 is 0 Å². The average molecular weight is 382 g/mol. The van der Waals surface area contributed by atoms with Crippen molar-refractivity contribution < 1.29 is 32.3 Å². The third kappa shape index (κ3) is 3.39. The van der Waals surface area contributed by atoms with Gasteiger partial charge in [0.15, 0.2) is 0 Å². The number of fused-ring (bicyclic) bond motifs is 3. The molecule has 0 spiro atoms. The number of carbonyl (C=O) groups excluding carboxylic acids is 1. The normalized spacial score (nSPS) is 24.5. The summed E-state index contributed by atoms with van der Waals surface area (Å²) in [5.74, 6) is -2.58. The number of halogens is 3. The van der Waals surface area contributed by atoms with Gasteiger partial charge >= 0.3 is 12.1 Å². The lowest BCUT2D eigenvalue weighted by Gasteiger charge is -2.21. The van der Waals surface area contributed by atoms with Crippen LogP contribution in [0.25, 0.3) is 11.0 Å². The number of furan rings is 1. The van der Waals surface area contributed by atoms with E-state index in [4.69, 9.17) is 4.42 Å². The highest BCUT2D eigenvalue weighted by molar-refractivity contribution is 6.06. The molecule has 0 saturated carbocycles. The molecule has 3 N–H and O–H groups in total. The molecule has 3 heterocycles. The molecule has 2 aromatic rings. The van der Waals surface area contributed by atoms with E-state index >= 15 is 0 Å². The van der Waals surface area contributed by atoms with Gasteiger partial charge in [0, 0.05) is 29.1 Å². The molecule has 0 radical (unpaired) electrons. The van der Waals surface area contributed by atoms with E-state index in [1.165, 1.54) is 18.2 Å². The molecule has 144 valence electrons. The van der Waals surface area contributed by atoms with Gasteiger partial charge < -0.3 is 20.2 Å². The lowest BCUT2D eigenvalue weighted by atomic mass is 9.95. The van der Waals surface area contributed by atoms with Crippen molar-refractivity contribution in [3.8, 4) is 0 Å². The summed E-state index contributed by atoms with van der Waals surface area (Å²) in [6, 6.07) is 4.65. The lowest BCUT2D eigenvalue weighted by molar-refractivity contribution is -0.129. The number of rotatable bonds is 4. The Hall–Kier alpha value is -2.55. The number of carbonyl (C=O) groups is 2. The molecule has 2 fully saturated rings. The molecule has 1 amide bonds. The summed E-state index contributed by atoms with van der Waals surface area (Å²) in [5, 5.41) is 15.7. The highest BCUT2D eigenvalue weighted by Crippen LogP contribution is 2.32. The van der Waals surface area contributed by atoms with Gasteiger partial charge in [-0.3, -0.25) is 4.79 Å². The van der Waals surface area contributed by atoms with Crippen molar-refractivity contribution in [3.05, 3.63) is 35.1 Å². The molecule has 2 aliphatic heterocycles. The number of carboxylic acid groups (broad SMARTS) is 1. The van der Waals surface area contributed by atoms with Gasteiger partial charge in [0.25, 0.3) is 5.91 Å². The maximum atomic E-state index is 12.7. The number of hydrogen-bond donors (Lipinski definition) is 3. The predicted octanol–water partition coefficient (Wildman–Crippen LogP) is 2.86. The van der Waals surface area contributed by atoms with Crippen molar-refractivity contribution in [1.82, 2.24) is 10.6 Å². The van der Waals surface area contributed by atoms with Crippen LogP contribution in [0.4, 0.5) is 13.2 Å². The van der Waals surface area contributed by atoms with Gasteiger partial charge in [-0.2, -0.15) is 13.2 Å². The molecule has 2 saturated heterocycles. The van der Waals surface area contributed by atoms with Crippen LogP contribution < -0.4 is 10.6 Å². The van der Waals surface area contributed by atoms with Crippen molar-refractivity contribution in [2.24, 2.45) is 0 Å². The number of hydrogen-bond acceptors (Lipinski definition) is 4. The fourth-order valence-corrected chi connectivity index (χ4v) is 4.07. The summed E-state index contributed by atoms with van der Waals surface area (Å²) in [5.41, 5.74) is -0.365. The van der Waals surface area contributed by atoms with Crippen molar-refractivity contribution in [3.63, 3.8) is 0 Å². The summed E-state index contributed by atoms with van der Waals surface area (Å²) in [4.78, 5) is 24.0. The second-order valence-electron chi connectivity index (χ2n) is 7.07. The molecule has 0 aliphatic carbocycles. The molecule has 1 aromatic heterocycles. The maximum Gasteiger partial charge on any atom is 0.396 e. The van der Waals surface area contributed by atoms with Crippen LogP contribution in [0.15, 0.2) is 22.6 Å². The molecule has 9 heteroatoms. The van der Waals surface area contributed by atoms with Gasteiger partial charge in [0.1, 0.15) is 23.3 Å². The summed E-state index contributed by atoms with van der Waals surface area (Å²) >= 11 is 0.